The zero-order valence-electron chi connectivity index (χ0n) is 13.4. The second-order valence-electron chi connectivity index (χ2n) is 5.70. The monoisotopic (exact) mass is 367 g/mol. The number of aromatic hydroxyl groups is 2. The van der Waals surface area contributed by atoms with Gasteiger partial charge in [0.1, 0.15) is 12.4 Å². The minimum Gasteiger partial charge on any atom is -0.504 e. The first-order valence-electron chi connectivity index (χ1n) is 7.78. The third-order valence-electron chi connectivity index (χ3n) is 4.01. The number of fused-ring (bicyclic) bond motifs is 3. The van der Waals surface area contributed by atoms with Gasteiger partial charge in [-0.25, -0.2) is 9.89 Å². The Morgan fingerprint density at radius 3 is 2.77 bits per heavy atom. The van der Waals surface area contributed by atoms with Crippen molar-refractivity contribution in [2.75, 3.05) is 12.3 Å². The Hall–Kier alpha value is -3.13. The molecule has 0 aliphatic carbocycles. The van der Waals surface area contributed by atoms with Crippen LogP contribution in [0.2, 0.25) is 0 Å². The molecule has 2 aromatic rings. The fourth-order valence-corrected chi connectivity index (χ4v) is 3.63. The van der Waals surface area contributed by atoms with E-state index in [1.165, 1.54) is 23.1 Å². The van der Waals surface area contributed by atoms with Gasteiger partial charge in [-0.3, -0.25) is 14.6 Å². The molecule has 0 saturated heterocycles. The number of thioether (sulfide) groups is 1. The third kappa shape index (κ3) is 2.74. The summed E-state index contributed by atoms with van der Waals surface area (Å²) >= 11 is 1.13. The second kappa shape index (κ2) is 6.30. The normalized spacial score (nSPS) is 15.2. The Bertz CT molecular complexity index is 1000. The fraction of sp³-hybridized carbons (Fsp3) is 0.111. The number of nitrogens with zero attached hydrogens (tertiary/aromatic N) is 3. The molecule has 2 N–H and O–H groups in total. The molecule has 26 heavy (non-hydrogen) atoms. The summed E-state index contributed by atoms with van der Waals surface area (Å²) in [6, 6.07) is 11.3. The second-order valence-corrected chi connectivity index (χ2v) is 6.64. The van der Waals surface area contributed by atoms with E-state index in [0.29, 0.717) is 16.7 Å². The van der Waals surface area contributed by atoms with E-state index < -0.39 is 0 Å². The highest BCUT2D eigenvalue weighted by Crippen LogP contribution is 2.32. The minimum absolute atomic E-state index is 0.0300. The molecule has 2 aromatic carbocycles. The van der Waals surface area contributed by atoms with Crippen LogP contribution in [0.1, 0.15) is 15.9 Å². The maximum Gasteiger partial charge on any atom is 0.256 e. The van der Waals surface area contributed by atoms with Crippen molar-refractivity contribution < 1.29 is 19.8 Å². The van der Waals surface area contributed by atoms with Crippen LogP contribution in [0.3, 0.4) is 0 Å². The number of carbonyl (C=O) groups excluding carboxylic acids is 2. The van der Waals surface area contributed by atoms with Crippen LogP contribution in [0.5, 0.6) is 11.5 Å². The number of Topliss-reactive ketones (excluding diaryl/α,β-unsaturated/α-hetero) is 1. The van der Waals surface area contributed by atoms with Gasteiger partial charge in [0.2, 0.25) is 0 Å². The molecule has 0 atom stereocenters. The summed E-state index contributed by atoms with van der Waals surface area (Å²) in [5.41, 5.74) is 1.76. The van der Waals surface area contributed by atoms with Crippen molar-refractivity contribution in [3.63, 3.8) is 0 Å². The Kier molecular flexibility index (Phi) is 3.96. The summed E-state index contributed by atoms with van der Waals surface area (Å²) in [6.45, 7) is 0.0586. The summed E-state index contributed by atoms with van der Waals surface area (Å²) in [4.78, 5) is 34.8. The summed E-state index contributed by atoms with van der Waals surface area (Å²) in [6.07, 6.45) is 0. The van der Waals surface area contributed by atoms with Crippen LogP contribution in [-0.4, -0.2) is 50.1 Å². The van der Waals surface area contributed by atoms with Crippen LogP contribution in [0.4, 0.5) is 5.69 Å². The average Bonchev–Trinajstić information content (AvgIpc) is 3.04. The molecule has 0 unspecified atom stereocenters. The summed E-state index contributed by atoms with van der Waals surface area (Å²) < 4.78 is 0. The summed E-state index contributed by atoms with van der Waals surface area (Å²) in [5.74, 6) is -0.493. The van der Waals surface area contributed by atoms with Gasteiger partial charge in [-0.05, 0) is 30.3 Å². The predicted octanol–water partition coefficient (Wildman–Crippen LogP) is 2.30. The van der Waals surface area contributed by atoms with E-state index in [4.69, 9.17) is 0 Å². The van der Waals surface area contributed by atoms with Crippen LogP contribution >= 0.6 is 11.8 Å². The molecular formula is C18H13N3O4S. The molecule has 4 rings (SSSR count). The lowest BCUT2D eigenvalue weighted by molar-refractivity contribution is -0.122. The smallest absolute Gasteiger partial charge is 0.256 e. The van der Waals surface area contributed by atoms with Crippen molar-refractivity contribution in [3.8, 4) is 11.5 Å². The van der Waals surface area contributed by atoms with Crippen LogP contribution in [0.15, 0.2) is 52.4 Å². The van der Waals surface area contributed by atoms with Gasteiger partial charge in [0.15, 0.2) is 22.4 Å². The number of amidine groups is 2. The molecule has 0 bridgehead atoms. The predicted molar refractivity (Wildman–Crippen MR) is 98.3 cm³/mol. The highest BCUT2D eigenvalue weighted by atomic mass is 32.2. The van der Waals surface area contributed by atoms with Crippen LogP contribution in [-0.2, 0) is 4.79 Å². The molecule has 7 nitrogen and oxygen atoms in total. The topological polar surface area (TPSA) is 103 Å². The van der Waals surface area contributed by atoms with Gasteiger partial charge < -0.3 is 10.2 Å². The maximum absolute atomic E-state index is 12.4. The van der Waals surface area contributed by atoms with E-state index in [9.17, 15) is 19.8 Å². The van der Waals surface area contributed by atoms with E-state index in [1.54, 1.807) is 0 Å². The molecule has 0 radical (unpaired) electrons. The lowest BCUT2D eigenvalue weighted by Gasteiger charge is -2.25. The molecule has 2 heterocycles. The average molecular weight is 367 g/mol. The van der Waals surface area contributed by atoms with Gasteiger partial charge in [-0.1, -0.05) is 23.9 Å². The van der Waals surface area contributed by atoms with E-state index in [2.05, 4.69) is 9.98 Å². The number of para-hydroxylation sites is 1. The first-order valence-corrected chi connectivity index (χ1v) is 8.76. The van der Waals surface area contributed by atoms with Crippen molar-refractivity contribution >= 4 is 40.1 Å². The van der Waals surface area contributed by atoms with Crippen molar-refractivity contribution in [2.24, 2.45) is 9.98 Å². The third-order valence-corrected chi connectivity index (χ3v) is 4.95. The van der Waals surface area contributed by atoms with E-state index in [1.807, 2.05) is 24.3 Å². The number of hydrogen-bond acceptors (Lipinski definition) is 7. The Labute approximate surface area is 152 Å². The van der Waals surface area contributed by atoms with Crippen LogP contribution in [0.25, 0.3) is 0 Å². The highest BCUT2D eigenvalue weighted by Gasteiger charge is 2.35. The Morgan fingerprint density at radius 1 is 1.15 bits per heavy atom. The van der Waals surface area contributed by atoms with Gasteiger partial charge in [-0.2, -0.15) is 0 Å². The van der Waals surface area contributed by atoms with Crippen LogP contribution < -0.4 is 0 Å². The van der Waals surface area contributed by atoms with E-state index in [-0.39, 0.29) is 41.1 Å². The van der Waals surface area contributed by atoms with Crippen molar-refractivity contribution in [3.05, 3.63) is 53.6 Å². The van der Waals surface area contributed by atoms with Gasteiger partial charge in [-0.15, -0.1) is 0 Å². The number of carbonyl (C=O) groups is 2. The molecule has 0 saturated carbocycles. The molecule has 0 fully saturated rings. The first kappa shape index (κ1) is 16.3. The zero-order valence-corrected chi connectivity index (χ0v) is 14.2. The summed E-state index contributed by atoms with van der Waals surface area (Å²) in [5, 5.41) is 19.3. The summed E-state index contributed by atoms with van der Waals surface area (Å²) in [7, 11) is 0. The van der Waals surface area contributed by atoms with Gasteiger partial charge in [0.25, 0.3) is 5.91 Å². The number of rotatable bonds is 3. The molecule has 2 aliphatic heterocycles. The Morgan fingerprint density at radius 2 is 1.96 bits per heavy atom. The molecule has 2 aliphatic rings. The number of phenols is 2. The van der Waals surface area contributed by atoms with Gasteiger partial charge in [0.05, 0.1) is 11.4 Å². The van der Waals surface area contributed by atoms with E-state index in [0.717, 1.165) is 17.3 Å². The molecule has 130 valence electrons. The lowest BCUT2D eigenvalue weighted by atomic mass is 10.1. The highest BCUT2D eigenvalue weighted by molar-refractivity contribution is 8.14. The SMILES string of the molecule is O=C(CSC1=Nc2ccccc2C2=NCC(=O)N12)c1ccc(O)c(O)c1. The number of ketones is 1. The van der Waals surface area contributed by atoms with Crippen LogP contribution in [0, 0.1) is 0 Å². The van der Waals surface area contributed by atoms with Gasteiger partial charge >= 0.3 is 0 Å². The van der Waals surface area contributed by atoms with Crippen molar-refractivity contribution in [1.82, 2.24) is 4.90 Å². The fourth-order valence-electron chi connectivity index (χ4n) is 2.73. The molecule has 8 heteroatoms. The standard InChI is InChI=1S/C18H13N3O4S/c22-13-6-5-10(7-14(13)23)15(24)9-26-18-20-12-4-2-1-3-11(12)17-19-8-16(25)21(17)18/h1-7,22-23H,8-9H2. The minimum atomic E-state index is -0.353. The number of aliphatic imine (C=N–C) groups is 2. The molecule has 1 amide bonds. The number of benzene rings is 2. The molecular weight excluding hydrogens is 354 g/mol. The zero-order chi connectivity index (χ0) is 18.3. The van der Waals surface area contributed by atoms with Crippen molar-refractivity contribution in [1.29, 1.82) is 0 Å². The molecule has 0 spiro atoms. The number of hydrogen-bond donors (Lipinski definition) is 2. The largest absolute Gasteiger partial charge is 0.504 e. The number of phenolic OH excluding ortho intramolecular Hbond substituents is 2. The maximum atomic E-state index is 12.4. The Balaban J connectivity index is 1.58. The van der Waals surface area contributed by atoms with Gasteiger partial charge in [0, 0.05) is 11.1 Å². The number of amides is 1. The van der Waals surface area contributed by atoms with E-state index >= 15 is 0 Å². The lowest BCUT2D eigenvalue weighted by Crippen LogP contribution is -2.39. The molecule has 0 aromatic heterocycles. The first-order chi connectivity index (χ1) is 12.5. The quantitative estimate of drug-likeness (QED) is 0.640. The van der Waals surface area contributed by atoms with Crippen molar-refractivity contribution in [2.45, 2.75) is 0 Å².